The van der Waals surface area contributed by atoms with Crippen LogP contribution in [-0.4, -0.2) is 21.6 Å². The second-order valence-corrected chi connectivity index (χ2v) is 7.12. The Morgan fingerprint density at radius 3 is 2.34 bits per heavy atom. The maximum absolute atomic E-state index is 10.6. The zero-order valence-corrected chi connectivity index (χ0v) is 21.1. The topological polar surface area (TPSA) is 98.2 Å². The van der Waals surface area contributed by atoms with Gasteiger partial charge in [-0.1, -0.05) is 58.4 Å². The molecule has 0 spiro atoms. The van der Waals surface area contributed by atoms with E-state index in [1.807, 2.05) is 26.8 Å². The van der Waals surface area contributed by atoms with Gasteiger partial charge in [0.2, 0.25) is 0 Å². The van der Waals surface area contributed by atoms with E-state index in [-0.39, 0.29) is 11.7 Å². The van der Waals surface area contributed by atoms with Crippen LogP contribution in [-0.2, 0) is 0 Å². The molecule has 1 heterocycles. The van der Waals surface area contributed by atoms with E-state index in [9.17, 15) is 5.11 Å². The van der Waals surface area contributed by atoms with Crippen molar-refractivity contribution in [3.05, 3.63) is 63.4 Å². The molecule has 32 heavy (non-hydrogen) atoms. The standard InChI is InChI=1S/C25H36N4O.C2H6/c1-7-10-11-13-17(4)18(5)20(12-8-2)16-21-22(9-3)29-25(30)24(21)19(6)28-23(27)14-15-26;1-2/h9,11-16,27,29-30H,7-8,10,26H2,1-6H3;1-2H3/b13-11-,15-14-,18-17+,20-12-,21-16+,22-9+,27-23?,28-19?;. The van der Waals surface area contributed by atoms with Crippen molar-refractivity contribution < 1.29 is 5.11 Å². The van der Waals surface area contributed by atoms with Gasteiger partial charge in [-0.3, -0.25) is 5.41 Å². The molecule has 5 heteroatoms. The number of H-pyrrole nitrogens is 1. The van der Waals surface area contributed by atoms with Gasteiger partial charge in [0, 0.05) is 10.6 Å². The number of aliphatic imine (C=N–C) groups is 1. The Morgan fingerprint density at radius 1 is 1.16 bits per heavy atom. The van der Waals surface area contributed by atoms with Gasteiger partial charge in [0.1, 0.15) is 5.84 Å². The first-order chi connectivity index (χ1) is 15.3. The Labute approximate surface area is 194 Å². The highest BCUT2D eigenvalue weighted by molar-refractivity contribution is 6.09. The SMILES string of the molecule is C/C=c1/[nH]c(O)c(C(C)=NC(=N)/C=C\N)/c1=C/C(=C/CC)C(/C)=C(C)/C=C\CCC.CC. The third-order valence-corrected chi connectivity index (χ3v) is 4.81. The minimum atomic E-state index is 0.0286. The van der Waals surface area contributed by atoms with Gasteiger partial charge >= 0.3 is 0 Å². The average Bonchev–Trinajstić information content (AvgIpc) is 3.09. The van der Waals surface area contributed by atoms with Crippen LogP contribution in [0.2, 0.25) is 0 Å². The summed E-state index contributed by atoms with van der Waals surface area (Å²) >= 11 is 0. The number of aromatic amines is 1. The fraction of sp³-hybridized carbons (Fsp3) is 0.407. The van der Waals surface area contributed by atoms with Crippen molar-refractivity contribution in [3.8, 4) is 5.88 Å². The van der Waals surface area contributed by atoms with Crippen LogP contribution in [0.15, 0.2) is 52.2 Å². The van der Waals surface area contributed by atoms with Crippen LogP contribution in [0, 0.1) is 5.41 Å². The minimum Gasteiger partial charge on any atom is -0.494 e. The number of amidine groups is 1. The summed E-state index contributed by atoms with van der Waals surface area (Å²) in [6, 6.07) is 0. The summed E-state index contributed by atoms with van der Waals surface area (Å²) in [5.74, 6) is 0.0676. The van der Waals surface area contributed by atoms with Crippen molar-refractivity contribution in [2.45, 2.75) is 74.7 Å². The number of aromatic hydroxyl groups is 1. The lowest BCUT2D eigenvalue weighted by Gasteiger charge is -2.07. The largest absolute Gasteiger partial charge is 0.494 e. The molecule has 0 radical (unpaired) electrons. The normalized spacial score (nSPS) is 14.8. The van der Waals surface area contributed by atoms with Crippen LogP contribution in [0.5, 0.6) is 5.88 Å². The van der Waals surface area contributed by atoms with Gasteiger partial charge in [0.05, 0.1) is 11.3 Å². The Balaban J connectivity index is 0.00000466. The van der Waals surface area contributed by atoms with E-state index in [4.69, 9.17) is 11.1 Å². The second kappa shape index (κ2) is 15.7. The Morgan fingerprint density at radius 2 is 1.81 bits per heavy atom. The molecule has 0 aliphatic carbocycles. The summed E-state index contributed by atoms with van der Waals surface area (Å²) in [5.41, 5.74) is 9.99. The van der Waals surface area contributed by atoms with Crippen molar-refractivity contribution in [3.63, 3.8) is 0 Å². The lowest BCUT2D eigenvalue weighted by molar-refractivity contribution is 0.455. The van der Waals surface area contributed by atoms with Crippen LogP contribution in [0.3, 0.4) is 0 Å². The summed E-state index contributed by atoms with van der Waals surface area (Å²) in [5, 5.41) is 20.1. The summed E-state index contributed by atoms with van der Waals surface area (Å²) in [7, 11) is 0. The number of hydrogen-bond acceptors (Lipinski definition) is 3. The smallest absolute Gasteiger partial charge is 0.198 e. The molecule has 0 bridgehead atoms. The second-order valence-electron chi connectivity index (χ2n) is 7.12. The number of nitrogens with one attached hydrogen (secondary N) is 2. The van der Waals surface area contributed by atoms with E-state index >= 15 is 0 Å². The predicted molar refractivity (Wildman–Crippen MR) is 142 cm³/mol. The van der Waals surface area contributed by atoms with Gasteiger partial charge in [-0.15, -0.1) is 0 Å². The molecule has 0 saturated carbocycles. The molecule has 0 atom stereocenters. The number of allylic oxidation sites excluding steroid dienone is 6. The molecule has 0 unspecified atom stereocenters. The highest BCUT2D eigenvalue weighted by Crippen LogP contribution is 2.19. The van der Waals surface area contributed by atoms with Crippen LogP contribution in [0.1, 0.15) is 80.2 Å². The predicted octanol–water partition coefficient (Wildman–Crippen LogP) is 5.62. The van der Waals surface area contributed by atoms with E-state index in [0.717, 1.165) is 35.4 Å². The van der Waals surface area contributed by atoms with E-state index in [1.54, 1.807) is 6.92 Å². The van der Waals surface area contributed by atoms with E-state index in [1.165, 1.54) is 23.4 Å². The first-order valence-corrected chi connectivity index (χ1v) is 11.5. The fourth-order valence-electron chi connectivity index (χ4n) is 3.10. The lowest BCUT2D eigenvalue weighted by Crippen LogP contribution is -2.27. The van der Waals surface area contributed by atoms with Crippen LogP contribution in [0.25, 0.3) is 12.2 Å². The number of unbranched alkanes of at least 4 members (excludes halogenated alkanes) is 1. The zero-order valence-electron chi connectivity index (χ0n) is 21.1. The van der Waals surface area contributed by atoms with Crippen molar-refractivity contribution in [2.24, 2.45) is 10.7 Å². The van der Waals surface area contributed by atoms with Gasteiger partial charge in [-0.05, 0) is 75.6 Å². The van der Waals surface area contributed by atoms with Crippen LogP contribution < -0.4 is 16.3 Å². The quantitative estimate of drug-likeness (QED) is 0.241. The summed E-state index contributed by atoms with van der Waals surface area (Å²) in [6.45, 7) is 16.2. The monoisotopic (exact) mass is 438 g/mol. The molecular weight excluding hydrogens is 396 g/mol. The van der Waals surface area contributed by atoms with Gasteiger partial charge in [-0.25, -0.2) is 4.99 Å². The molecule has 1 aromatic rings. The maximum Gasteiger partial charge on any atom is 0.198 e. The molecule has 0 amide bonds. The third-order valence-electron chi connectivity index (χ3n) is 4.81. The number of aromatic nitrogens is 1. The Kier molecular flexibility index (Phi) is 14.2. The van der Waals surface area contributed by atoms with Crippen LogP contribution >= 0.6 is 0 Å². The van der Waals surface area contributed by atoms with E-state index in [2.05, 4.69) is 62.0 Å². The molecule has 176 valence electrons. The molecule has 0 aliphatic heterocycles. The average molecular weight is 439 g/mol. The van der Waals surface area contributed by atoms with Crippen molar-refractivity contribution in [1.29, 1.82) is 5.41 Å². The molecule has 0 aromatic carbocycles. The number of rotatable bonds is 8. The van der Waals surface area contributed by atoms with Crippen molar-refractivity contribution in [1.82, 2.24) is 4.98 Å². The minimum absolute atomic E-state index is 0.0286. The van der Waals surface area contributed by atoms with Gasteiger partial charge in [-0.2, -0.15) is 0 Å². The Hall–Kier alpha value is -3.08. The van der Waals surface area contributed by atoms with E-state index < -0.39 is 0 Å². The molecule has 0 saturated heterocycles. The van der Waals surface area contributed by atoms with Gasteiger partial charge in [0.15, 0.2) is 5.88 Å². The highest BCUT2D eigenvalue weighted by Gasteiger charge is 2.12. The summed E-state index contributed by atoms with van der Waals surface area (Å²) in [6.07, 6.45) is 16.3. The van der Waals surface area contributed by atoms with Crippen molar-refractivity contribution >= 4 is 23.7 Å². The molecule has 1 rings (SSSR count). The maximum atomic E-state index is 10.6. The molecule has 5 N–H and O–H groups in total. The zero-order chi connectivity index (χ0) is 24.7. The first kappa shape index (κ1) is 28.9. The molecule has 0 fully saturated rings. The molecule has 5 nitrogen and oxygen atoms in total. The number of nitrogens with zero attached hydrogens (tertiary/aromatic N) is 1. The third kappa shape index (κ3) is 8.58. The van der Waals surface area contributed by atoms with E-state index in [0.29, 0.717) is 11.3 Å². The Bertz CT molecular complexity index is 1010. The van der Waals surface area contributed by atoms with Crippen LogP contribution in [0.4, 0.5) is 0 Å². The molecular formula is C27H42N4O. The summed E-state index contributed by atoms with van der Waals surface area (Å²) in [4.78, 5) is 7.29. The lowest BCUT2D eigenvalue weighted by atomic mass is 9.98. The summed E-state index contributed by atoms with van der Waals surface area (Å²) < 4.78 is 0. The van der Waals surface area contributed by atoms with Gasteiger partial charge < -0.3 is 15.8 Å². The number of nitrogens with two attached hydrogens (primary N) is 1. The molecule has 0 aliphatic rings. The highest BCUT2D eigenvalue weighted by atomic mass is 16.3. The first-order valence-electron chi connectivity index (χ1n) is 11.5. The fourth-order valence-corrected chi connectivity index (χ4v) is 3.10. The van der Waals surface area contributed by atoms with Gasteiger partial charge in [0.25, 0.3) is 0 Å². The van der Waals surface area contributed by atoms with Crippen molar-refractivity contribution in [2.75, 3.05) is 0 Å². The molecule has 1 aromatic heterocycles. The number of hydrogen-bond donors (Lipinski definition) is 4.